The minimum absolute atomic E-state index is 0.110. The number of allylic oxidation sites excluding steroid dienone is 3. The van der Waals surface area contributed by atoms with Crippen LogP contribution in [0.25, 0.3) is 10.8 Å². The van der Waals surface area contributed by atoms with Gasteiger partial charge < -0.3 is 5.32 Å². The van der Waals surface area contributed by atoms with E-state index in [2.05, 4.69) is 10.0 Å². The number of benzene rings is 3. The van der Waals surface area contributed by atoms with Gasteiger partial charge in [-0.1, -0.05) is 60.7 Å². The van der Waals surface area contributed by atoms with Crippen molar-refractivity contribution in [1.29, 1.82) is 0 Å². The number of carbonyl (C=O) groups excluding carboxylic acids is 1. The molecule has 0 bridgehead atoms. The predicted molar refractivity (Wildman–Crippen MR) is 124 cm³/mol. The van der Waals surface area contributed by atoms with E-state index in [1.165, 1.54) is 6.07 Å². The number of rotatable bonds is 6. The van der Waals surface area contributed by atoms with Gasteiger partial charge in [-0.2, -0.15) is 0 Å². The average Bonchev–Trinajstić information content (AvgIpc) is 2.75. The van der Waals surface area contributed by atoms with E-state index in [9.17, 15) is 13.2 Å². The highest BCUT2D eigenvalue weighted by molar-refractivity contribution is 7.89. The molecule has 6 heteroatoms. The fraction of sp³-hybridized carbons (Fsp3) is 0.160. The molecule has 0 heterocycles. The number of anilines is 1. The SMILES string of the molecule is Cc1ccc(S(=O)(=O)NC2=CCCC=C2)cc1NC(=O)Cc1ccc2ccccc2c1. The number of sulfonamides is 1. The van der Waals surface area contributed by atoms with Crippen LogP contribution in [0.2, 0.25) is 0 Å². The zero-order chi connectivity index (χ0) is 21.8. The van der Waals surface area contributed by atoms with Gasteiger partial charge in [-0.15, -0.1) is 0 Å². The first kappa shape index (κ1) is 20.9. The molecule has 0 saturated heterocycles. The molecule has 158 valence electrons. The molecule has 0 spiro atoms. The summed E-state index contributed by atoms with van der Waals surface area (Å²) >= 11 is 0. The van der Waals surface area contributed by atoms with Gasteiger partial charge in [0.25, 0.3) is 10.0 Å². The first-order valence-corrected chi connectivity index (χ1v) is 11.7. The van der Waals surface area contributed by atoms with E-state index in [-0.39, 0.29) is 17.2 Å². The van der Waals surface area contributed by atoms with Crippen molar-refractivity contribution in [2.45, 2.75) is 31.1 Å². The summed E-state index contributed by atoms with van der Waals surface area (Å²) in [5.74, 6) is -0.196. The van der Waals surface area contributed by atoms with Crippen molar-refractivity contribution >= 4 is 32.4 Å². The van der Waals surface area contributed by atoms with Crippen LogP contribution in [-0.2, 0) is 21.2 Å². The van der Waals surface area contributed by atoms with Crippen molar-refractivity contribution in [3.8, 4) is 0 Å². The predicted octanol–water partition coefficient (Wildman–Crippen LogP) is 4.84. The summed E-state index contributed by atoms with van der Waals surface area (Å²) in [6, 6.07) is 18.7. The van der Waals surface area contributed by atoms with Crippen molar-refractivity contribution in [3.05, 3.63) is 95.7 Å². The normalized spacial score (nSPS) is 13.6. The maximum Gasteiger partial charge on any atom is 0.261 e. The summed E-state index contributed by atoms with van der Waals surface area (Å²) < 4.78 is 28.1. The Morgan fingerprint density at radius 3 is 2.55 bits per heavy atom. The third-order valence-corrected chi connectivity index (χ3v) is 6.60. The van der Waals surface area contributed by atoms with E-state index in [0.717, 1.165) is 34.7 Å². The van der Waals surface area contributed by atoms with E-state index in [0.29, 0.717) is 11.4 Å². The van der Waals surface area contributed by atoms with Crippen LogP contribution in [0.3, 0.4) is 0 Å². The van der Waals surface area contributed by atoms with Gasteiger partial charge in [0.15, 0.2) is 0 Å². The van der Waals surface area contributed by atoms with Crippen LogP contribution in [0.5, 0.6) is 0 Å². The van der Waals surface area contributed by atoms with Crippen LogP contribution in [0.4, 0.5) is 5.69 Å². The van der Waals surface area contributed by atoms with E-state index < -0.39 is 10.0 Å². The topological polar surface area (TPSA) is 75.3 Å². The zero-order valence-electron chi connectivity index (χ0n) is 17.3. The van der Waals surface area contributed by atoms with Crippen molar-refractivity contribution in [2.75, 3.05) is 5.32 Å². The number of fused-ring (bicyclic) bond motifs is 1. The van der Waals surface area contributed by atoms with Crippen LogP contribution in [0, 0.1) is 6.92 Å². The molecule has 3 aromatic rings. The number of hydrogen-bond acceptors (Lipinski definition) is 3. The summed E-state index contributed by atoms with van der Waals surface area (Å²) in [7, 11) is -3.74. The molecule has 4 rings (SSSR count). The molecule has 0 unspecified atom stereocenters. The summed E-state index contributed by atoms with van der Waals surface area (Å²) in [5, 5.41) is 5.06. The number of hydrogen-bond donors (Lipinski definition) is 2. The number of aryl methyl sites for hydroxylation is 1. The highest BCUT2D eigenvalue weighted by Gasteiger charge is 2.17. The molecule has 0 fully saturated rings. The second-order valence-corrected chi connectivity index (χ2v) is 9.31. The zero-order valence-corrected chi connectivity index (χ0v) is 18.1. The lowest BCUT2D eigenvalue weighted by molar-refractivity contribution is -0.115. The minimum Gasteiger partial charge on any atom is -0.326 e. The van der Waals surface area contributed by atoms with E-state index in [4.69, 9.17) is 0 Å². The Hall–Kier alpha value is -3.38. The highest BCUT2D eigenvalue weighted by atomic mass is 32.2. The first-order valence-electron chi connectivity index (χ1n) is 10.2. The summed E-state index contributed by atoms with van der Waals surface area (Å²) in [6.45, 7) is 1.84. The third kappa shape index (κ3) is 5.03. The third-order valence-electron chi connectivity index (χ3n) is 5.22. The van der Waals surface area contributed by atoms with E-state index in [1.807, 2.05) is 61.5 Å². The Morgan fingerprint density at radius 2 is 1.77 bits per heavy atom. The maximum atomic E-state index is 12.8. The molecular weight excluding hydrogens is 408 g/mol. The fourth-order valence-electron chi connectivity index (χ4n) is 3.53. The number of nitrogens with one attached hydrogen (secondary N) is 2. The Labute approximate surface area is 182 Å². The van der Waals surface area contributed by atoms with Gasteiger partial charge in [0.2, 0.25) is 5.91 Å². The largest absolute Gasteiger partial charge is 0.326 e. The Kier molecular flexibility index (Phi) is 5.91. The molecule has 5 nitrogen and oxygen atoms in total. The summed E-state index contributed by atoms with van der Waals surface area (Å²) in [4.78, 5) is 12.8. The Morgan fingerprint density at radius 1 is 0.968 bits per heavy atom. The Balaban J connectivity index is 1.50. The fourth-order valence-corrected chi connectivity index (χ4v) is 4.63. The molecule has 0 aromatic heterocycles. The summed E-state index contributed by atoms with van der Waals surface area (Å²) in [6.07, 6.45) is 7.48. The van der Waals surface area contributed by atoms with Crippen molar-refractivity contribution in [2.24, 2.45) is 0 Å². The molecule has 0 aliphatic heterocycles. The lowest BCUT2D eigenvalue weighted by atomic mass is 10.0. The van der Waals surface area contributed by atoms with Gasteiger partial charge in [-0.25, -0.2) is 8.42 Å². The second kappa shape index (κ2) is 8.78. The van der Waals surface area contributed by atoms with Gasteiger partial charge in [0.05, 0.1) is 11.3 Å². The first-order chi connectivity index (χ1) is 14.9. The van der Waals surface area contributed by atoms with Crippen LogP contribution < -0.4 is 10.0 Å². The lowest BCUT2D eigenvalue weighted by Crippen LogP contribution is -2.23. The van der Waals surface area contributed by atoms with Crippen LogP contribution in [0.1, 0.15) is 24.0 Å². The number of amides is 1. The molecule has 2 N–H and O–H groups in total. The van der Waals surface area contributed by atoms with E-state index >= 15 is 0 Å². The van der Waals surface area contributed by atoms with Crippen LogP contribution >= 0.6 is 0 Å². The second-order valence-electron chi connectivity index (χ2n) is 7.63. The van der Waals surface area contributed by atoms with Crippen molar-refractivity contribution < 1.29 is 13.2 Å². The molecule has 1 aliphatic carbocycles. The monoisotopic (exact) mass is 432 g/mol. The van der Waals surface area contributed by atoms with Crippen molar-refractivity contribution in [1.82, 2.24) is 4.72 Å². The highest BCUT2D eigenvalue weighted by Crippen LogP contribution is 2.22. The van der Waals surface area contributed by atoms with E-state index in [1.54, 1.807) is 18.2 Å². The van der Waals surface area contributed by atoms with Crippen molar-refractivity contribution in [3.63, 3.8) is 0 Å². The summed E-state index contributed by atoms with van der Waals surface area (Å²) in [5.41, 5.74) is 2.74. The molecular formula is C25H24N2O3S. The molecule has 31 heavy (non-hydrogen) atoms. The van der Waals surface area contributed by atoms with Crippen LogP contribution in [0.15, 0.2) is 89.5 Å². The minimum atomic E-state index is -3.74. The van der Waals surface area contributed by atoms with Gasteiger partial charge >= 0.3 is 0 Å². The number of carbonyl (C=O) groups is 1. The standard InChI is InChI=1S/C25H24N2O3S/c1-18-11-14-23(31(29,30)27-22-9-3-2-4-10-22)17-24(18)26-25(28)16-19-12-13-20-7-5-6-8-21(20)15-19/h3,5-15,17,27H,2,4,16H2,1H3,(H,26,28). The molecule has 0 radical (unpaired) electrons. The molecule has 0 saturated carbocycles. The average molecular weight is 433 g/mol. The molecule has 1 aliphatic rings. The van der Waals surface area contributed by atoms with Gasteiger partial charge in [0, 0.05) is 11.4 Å². The molecule has 3 aromatic carbocycles. The van der Waals surface area contributed by atoms with Gasteiger partial charge in [-0.3, -0.25) is 9.52 Å². The van der Waals surface area contributed by atoms with Crippen LogP contribution in [-0.4, -0.2) is 14.3 Å². The molecule has 0 atom stereocenters. The Bertz CT molecular complexity index is 1310. The smallest absolute Gasteiger partial charge is 0.261 e. The lowest BCUT2D eigenvalue weighted by Gasteiger charge is -2.14. The quantitative estimate of drug-likeness (QED) is 0.585. The van der Waals surface area contributed by atoms with Gasteiger partial charge in [0.1, 0.15) is 0 Å². The maximum absolute atomic E-state index is 12.8. The molecule has 1 amide bonds. The van der Waals surface area contributed by atoms with Gasteiger partial charge in [-0.05, 0) is 59.9 Å².